The highest BCUT2D eigenvalue weighted by atomic mass is 32.2. The van der Waals surface area contributed by atoms with Crippen molar-refractivity contribution in [3.63, 3.8) is 0 Å². The first kappa shape index (κ1) is 27.0. The molecule has 0 fully saturated rings. The number of sulfonamides is 1. The molecule has 0 aliphatic rings. The van der Waals surface area contributed by atoms with Gasteiger partial charge in [-0.2, -0.15) is 9.30 Å². The average molecular weight is 522 g/mol. The van der Waals surface area contributed by atoms with Gasteiger partial charge in [-0.1, -0.05) is 24.3 Å². The summed E-state index contributed by atoms with van der Waals surface area (Å²) in [5, 5.41) is 0. The zero-order valence-corrected chi connectivity index (χ0v) is 22.0. The molecule has 1 heterocycles. The molecular weight excluding hydrogens is 490 g/mol. The number of nitrogens with zero attached hydrogens (tertiary/aromatic N) is 3. The summed E-state index contributed by atoms with van der Waals surface area (Å²) in [7, 11) is 0.878. The van der Waals surface area contributed by atoms with E-state index in [0.29, 0.717) is 16.9 Å². The van der Waals surface area contributed by atoms with E-state index in [1.165, 1.54) is 54.1 Å². The van der Waals surface area contributed by atoms with Gasteiger partial charge in [0.2, 0.25) is 10.0 Å². The second-order valence-electron chi connectivity index (χ2n) is 7.67. The van der Waals surface area contributed by atoms with E-state index in [1.54, 1.807) is 7.11 Å². The van der Waals surface area contributed by atoms with E-state index in [0.717, 1.165) is 22.4 Å². The number of ether oxygens (including phenoxy) is 3. The van der Waals surface area contributed by atoms with Crippen molar-refractivity contribution in [3.05, 3.63) is 52.8 Å². The Morgan fingerprint density at radius 3 is 2.26 bits per heavy atom. The molecule has 35 heavy (non-hydrogen) atoms. The maximum absolute atomic E-state index is 13.1. The highest BCUT2D eigenvalue weighted by Gasteiger charge is 2.24. The summed E-state index contributed by atoms with van der Waals surface area (Å²) in [5.41, 5.74) is 1.21. The summed E-state index contributed by atoms with van der Waals surface area (Å²) < 4.78 is 46.0. The van der Waals surface area contributed by atoms with Gasteiger partial charge in [-0.15, -0.1) is 0 Å². The zero-order chi connectivity index (χ0) is 25.4. The van der Waals surface area contributed by atoms with E-state index >= 15 is 0 Å². The number of thiazole rings is 1. The van der Waals surface area contributed by atoms with Gasteiger partial charge in [0.25, 0.3) is 5.91 Å². The Balaban J connectivity index is 1.93. The topological polar surface area (TPSA) is 99.4 Å². The van der Waals surface area contributed by atoms with E-state index in [1.807, 2.05) is 22.8 Å². The molecule has 0 N–H and O–H groups in total. The minimum atomic E-state index is -3.77. The number of fused-ring (bicyclic) bond motifs is 1. The van der Waals surface area contributed by atoms with Crippen molar-refractivity contribution in [2.45, 2.75) is 24.8 Å². The Morgan fingerprint density at radius 1 is 1.03 bits per heavy atom. The SMILES string of the molecule is CCCn1c(=NC(=O)c2ccc(S(=O)(=O)N(CCOC)CCOC)cc2)sc2cccc(OC)c21. The van der Waals surface area contributed by atoms with Crippen molar-refractivity contribution >= 4 is 37.5 Å². The van der Waals surface area contributed by atoms with Gasteiger partial charge in [0.05, 0.1) is 29.9 Å². The van der Waals surface area contributed by atoms with E-state index in [2.05, 4.69) is 11.9 Å². The van der Waals surface area contributed by atoms with Crippen molar-refractivity contribution in [2.24, 2.45) is 4.99 Å². The summed E-state index contributed by atoms with van der Waals surface area (Å²) in [6.07, 6.45) is 0.862. The summed E-state index contributed by atoms with van der Waals surface area (Å²) >= 11 is 1.41. The van der Waals surface area contributed by atoms with Crippen LogP contribution in [0.1, 0.15) is 23.7 Å². The van der Waals surface area contributed by atoms with Crippen LogP contribution in [0.15, 0.2) is 52.4 Å². The van der Waals surface area contributed by atoms with Crippen LogP contribution in [-0.4, -0.2) is 70.8 Å². The Kier molecular flexibility index (Phi) is 9.58. The van der Waals surface area contributed by atoms with Gasteiger partial charge in [0.15, 0.2) is 4.80 Å². The number of methoxy groups -OCH3 is 3. The molecule has 190 valence electrons. The molecule has 0 saturated heterocycles. The maximum atomic E-state index is 13.1. The lowest BCUT2D eigenvalue weighted by Gasteiger charge is -2.21. The number of hydrogen-bond acceptors (Lipinski definition) is 7. The number of hydrogen-bond donors (Lipinski definition) is 0. The first-order chi connectivity index (χ1) is 16.9. The molecule has 9 nitrogen and oxygen atoms in total. The fourth-order valence-corrected chi connectivity index (χ4v) is 6.07. The zero-order valence-electron chi connectivity index (χ0n) is 20.4. The Hall–Kier alpha value is -2.57. The van der Waals surface area contributed by atoms with Gasteiger partial charge < -0.3 is 18.8 Å². The number of aryl methyl sites for hydroxylation is 1. The standard InChI is InChI=1S/C24H31N3O6S2/c1-5-13-27-22-20(33-4)7-6-8-21(22)34-24(27)25-23(28)18-9-11-19(12-10-18)35(29,30)26(14-16-31-2)15-17-32-3/h6-12H,5,13-17H2,1-4H3. The molecule has 1 amide bonds. The van der Waals surface area contributed by atoms with Gasteiger partial charge in [0.1, 0.15) is 11.3 Å². The van der Waals surface area contributed by atoms with E-state index in [9.17, 15) is 13.2 Å². The van der Waals surface area contributed by atoms with Crippen molar-refractivity contribution < 1.29 is 27.4 Å². The Bertz CT molecular complexity index is 1310. The second kappa shape index (κ2) is 12.4. The van der Waals surface area contributed by atoms with Crippen molar-refractivity contribution in [1.82, 2.24) is 8.87 Å². The highest BCUT2D eigenvalue weighted by Crippen LogP contribution is 2.27. The molecule has 0 aliphatic carbocycles. The molecule has 0 atom stereocenters. The number of amides is 1. The first-order valence-corrected chi connectivity index (χ1v) is 13.5. The Labute approximate surface area is 209 Å². The maximum Gasteiger partial charge on any atom is 0.279 e. The molecule has 0 radical (unpaired) electrons. The smallest absolute Gasteiger partial charge is 0.279 e. The van der Waals surface area contributed by atoms with Gasteiger partial charge in [-0.3, -0.25) is 4.79 Å². The van der Waals surface area contributed by atoms with Crippen LogP contribution in [0.2, 0.25) is 0 Å². The minimum absolute atomic E-state index is 0.0916. The molecule has 3 rings (SSSR count). The van der Waals surface area contributed by atoms with Gasteiger partial charge >= 0.3 is 0 Å². The number of carbonyl (C=O) groups is 1. The molecule has 0 unspecified atom stereocenters. The molecular formula is C24H31N3O6S2. The summed E-state index contributed by atoms with van der Waals surface area (Å²) in [6, 6.07) is 11.6. The largest absolute Gasteiger partial charge is 0.495 e. The number of rotatable bonds is 12. The summed E-state index contributed by atoms with van der Waals surface area (Å²) in [5.74, 6) is 0.280. The third-order valence-electron chi connectivity index (χ3n) is 5.36. The molecule has 1 aromatic heterocycles. The molecule has 2 aromatic carbocycles. The minimum Gasteiger partial charge on any atom is -0.495 e. The van der Waals surface area contributed by atoms with Crippen LogP contribution in [0.4, 0.5) is 0 Å². The third-order valence-corrected chi connectivity index (χ3v) is 8.31. The molecule has 11 heteroatoms. The average Bonchev–Trinajstić information content (AvgIpc) is 3.21. The monoisotopic (exact) mass is 521 g/mol. The molecule has 0 saturated carbocycles. The lowest BCUT2D eigenvalue weighted by molar-refractivity contribution is 0.0997. The van der Waals surface area contributed by atoms with Crippen molar-refractivity contribution in [3.8, 4) is 5.75 Å². The van der Waals surface area contributed by atoms with Crippen molar-refractivity contribution in [2.75, 3.05) is 47.6 Å². The van der Waals surface area contributed by atoms with Crippen LogP contribution in [-0.2, 0) is 26.0 Å². The van der Waals surface area contributed by atoms with Crippen LogP contribution in [0.5, 0.6) is 5.75 Å². The third kappa shape index (κ3) is 6.17. The van der Waals surface area contributed by atoms with Crippen LogP contribution in [0.25, 0.3) is 10.2 Å². The predicted molar refractivity (Wildman–Crippen MR) is 136 cm³/mol. The van der Waals surface area contributed by atoms with Crippen LogP contribution >= 0.6 is 11.3 Å². The van der Waals surface area contributed by atoms with E-state index < -0.39 is 15.9 Å². The highest BCUT2D eigenvalue weighted by molar-refractivity contribution is 7.89. The number of aromatic nitrogens is 1. The molecule has 0 spiro atoms. The van der Waals surface area contributed by atoms with E-state index in [4.69, 9.17) is 14.2 Å². The normalized spacial score (nSPS) is 12.5. The molecule has 0 bridgehead atoms. The van der Waals surface area contributed by atoms with Crippen molar-refractivity contribution in [1.29, 1.82) is 0 Å². The van der Waals surface area contributed by atoms with Gasteiger partial charge in [-0.25, -0.2) is 8.42 Å². The second-order valence-corrected chi connectivity index (χ2v) is 10.6. The van der Waals surface area contributed by atoms with Crippen LogP contribution < -0.4 is 9.54 Å². The number of para-hydroxylation sites is 1. The summed E-state index contributed by atoms with van der Waals surface area (Å²) in [6.45, 7) is 3.66. The fraction of sp³-hybridized carbons (Fsp3) is 0.417. The lowest BCUT2D eigenvalue weighted by Crippen LogP contribution is -2.36. The molecule has 0 aliphatic heterocycles. The van der Waals surface area contributed by atoms with Crippen LogP contribution in [0, 0.1) is 0 Å². The first-order valence-electron chi connectivity index (χ1n) is 11.2. The van der Waals surface area contributed by atoms with E-state index in [-0.39, 0.29) is 31.2 Å². The predicted octanol–water partition coefficient (Wildman–Crippen LogP) is 3.15. The fourth-order valence-electron chi connectivity index (χ4n) is 3.59. The lowest BCUT2D eigenvalue weighted by atomic mass is 10.2. The quantitative estimate of drug-likeness (QED) is 0.363. The summed E-state index contributed by atoms with van der Waals surface area (Å²) in [4.78, 5) is 18.0. The Morgan fingerprint density at radius 2 is 1.69 bits per heavy atom. The molecule has 3 aromatic rings. The number of carbonyl (C=O) groups excluding carboxylic acids is 1. The van der Waals surface area contributed by atoms with Gasteiger partial charge in [-0.05, 0) is 42.8 Å². The van der Waals surface area contributed by atoms with Crippen LogP contribution in [0.3, 0.4) is 0 Å². The van der Waals surface area contributed by atoms with Gasteiger partial charge in [0, 0.05) is 39.4 Å². The number of benzene rings is 2.